The smallest absolute Gasteiger partial charge is 0.257 e. The van der Waals surface area contributed by atoms with Crippen LogP contribution in [0.3, 0.4) is 0 Å². The molecule has 0 saturated heterocycles. The summed E-state index contributed by atoms with van der Waals surface area (Å²) in [7, 11) is 0. The van der Waals surface area contributed by atoms with Gasteiger partial charge in [-0.3, -0.25) is 10.6 Å². The van der Waals surface area contributed by atoms with Crippen molar-refractivity contribution in [2.75, 3.05) is 10.7 Å². The van der Waals surface area contributed by atoms with E-state index in [4.69, 9.17) is 5.84 Å². The minimum absolute atomic E-state index is 0.263. The fourth-order valence-corrected chi connectivity index (χ4v) is 1.53. The first-order valence-electron chi connectivity index (χ1n) is 5.34. The van der Waals surface area contributed by atoms with E-state index in [1.165, 1.54) is 18.7 Å². The molecule has 0 radical (unpaired) electrons. The molecule has 6 heteroatoms. The van der Waals surface area contributed by atoms with Crippen LogP contribution in [-0.4, -0.2) is 15.9 Å². The number of carbonyl (C=O) groups is 1. The monoisotopic (exact) mass is 243 g/mol. The minimum atomic E-state index is -0.263. The van der Waals surface area contributed by atoms with Crippen LogP contribution in [0.25, 0.3) is 0 Å². The van der Waals surface area contributed by atoms with Gasteiger partial charge >= 0.3 is 0 Å². The lowest BCUT2D eigenvalue weighted by Gasteiger charge is -2.10. The van der Waals surface area contributed by atoms with Crippen LogP contribution >= 0.6 is 0 Å². The van der Waals surface area contributed by atoms with Crippen LogP contribution in [0.4, 0.5) is 11.4 Å². The number of carbonyl (C=O) groups excluding carboxylic acids is 1. The average molecular weight is 243 g/mol. The molecule has 0 saturated carbocycles. The molecule has 0 spiro atoms. The lowest BCUT2D eigenvalue weighted by molar-refractivity contribution is 0.102. The molecular weight excluding hydrogens is 230 g/mol. The van der Waals surface area contributed by atoms with Gasteiger partial charge in [-0.15, -0.1) is 0 Å². The summed E-state index contributed by atoms with van der Waals surface area (Å²) >= 11 is 0. The van der Waals surface area contributed by atoms with E-state index >= 15 is 0 Å². The van der Waals surface area contributed by atoms with Crippen molar-refractivity contribution in [2.24, 2.45) is 5.84 Å². The molecule has 0 fully saturated rings. The largest absolute Gasteiger partial charge is 0.323 e. The number of nitrogens with two attached hydrogens (primary N) is 1. The first-order chi connectivity index (χ1) is 8.70. The number of nitrogens with one attached hydrogen (secondary N) is 2. The van der Waals surface area contributed by atoms with Gasteiger partial charge in [0.05, 0.1) is 29.3 Å². The molecule has 2 aromatic rings. The number of aryl methyl sites for hydroxylation is 1. The van der Waals surface area contributed by atoms with E-state index in [-0.39, 0.29) is 5.91 Å². The number of hydrogen-bond donors (Lipinski definition) is 3. The predicted octanol–water partition coefficient (Wildman–Crippen LogP) is 1.32. The van der Waals surface area contributed by atoms with E-state index in [0.29, 0.717) is 16.9 Å². The lowest BCUT2D eigenvalue weighted by atomic mass is 10.1. The second-order valence-corrected chi connectivity index (χ2v) is 3.77. The summed E-state index contributed by atoms with van der Waals surface area (Å²) in [5.41, 5.74) is 5.05. The highest BCUT2D eigenvalue weighted by Gasteiger charge is 2.11. The second-order valence-electron chi connectivity index (χ2n) is 3.77. The molecule has 18 heavy (non-hydrogen) atoms. The summed E-state index contributed by atoms with van der Waals surface area (Å²) < 4.78 is 0. The van der Waals surface area contributed by atoms with Gasteiger partial charge in [0.25, 0.3) is 5.91 Å². The van der Waals surface area contributed by atoms with Gasteiger partial charge in [-0.05, 0) is 19.1 Å². The number of anilines is 2. The van der Waals surface area contributed by atoms with Gasteiger partial charge in [-0.1, -0.05) is 11.6 Å². The van der Waals surface area contributed by atoms with E-state index < -0.39 is 0 Å². The third-order valence-electron chi connectivity index (χ3n) is 2.39. The molecule has 0 aliphatic carbocycles. The van der Waals surface area contributed by atoms with Crippen molar-refractivity contribution < 1.29 is 4.79 Å². The Hall–Kier alpha value is -2.47. The van der Waals surface area contributed by atoms with Crippen LogP contribution in [0.2, 0.25) is 0 Å². The van der Waals surface area contributed by atoms with Crippen molar-refractivity contribution in [3.05, 3.63) is 48.0 Å². The Bertz CT molecular complexity index is 556. The van der Waals surface area contributed by atoms with Crippen molar-refractivity contribution >= 4 is 17.3 Å². The van der Waals surface area contributed by atoms with Crippen LogP contribution < -0.4 is 16.6 Å². The van der Waals surface area contributed by atoms with Crippen molar-refractivity contribution in [3.8, 4) is 0 Å². The maximum Gasteiger partial charge on any atom is 0.257 e. The first kappa shape index (κ1) is 12.0. The van der Waals surface area contributed by atoms with E-state index in [1.54, 1.807) is 12.1 Å². The topological polar surface area (TPSA) is 92.9 Å². The molecule has 0 atom stereocenters. The highest BCUT2D eigenvalue weighted by molar-refractivity contribution is 6.08. The normalized spacial score (nSPS) is 9.89. The molecule has 0 bridgehead atoms. The van der Waals surface area contributed by atoms with Crippen LogP contribution in [0, 0.1) is 6.92 Å². The molecule has 1 aromatic heterocycles. The fraction of sp³-hybridized carbons (Fsp3) is 0.0833. The van der Waals surface area contributed by atoms with Crippen molar-refractivity contribution in [1.29, 1.82) is 0 Å². The Labute approximate surface area is 104 Å². The number of nitrogen functional groups attached to an aromatic ring is 1. The van der Waals surface area contributed by atoms with Crippen molar-refractivity contribution in [3.63, 3.8) is 0 Å². The number of amides is 1. The number of nitrogens with zero attached hydrogens (tertiary/aromatic N) is 2. The van der Waals surface area contributed by atoms with Gasteiger partial charge in [0.15, 0.2) is 0 Å². The fourth-order valence-electron chi connectivity index (χ4n) is 1.53. The quantitative estimate of drug-likeness (QED) is 0.558. The molecular formula is C12H13N5O. The first-order valence-corrected chi connectivity index (χ1v) is 5.34. The maximum absolute atomic E-state index is 12.1. The highest BCUT2D eigenvalue weighted by atomic mass is 16.1. The van der Waals surface area contributed by atoms with Gasteiger partial charge in [0.2, 0.25) is 0 Å². The Morgan fingerprint density at radius 3 is 2.67 bits per heavy atom. The summed E-state index contributed by atoms with van der Waals surface area (Å²) in [6.45, 7) is 1.91. The molecule has 1 aromatic carbocycles. The zero-order valence-corrected chi connectivity index (χ0v) is 9.84. The number of rotatable bonds is 3. The molecule has 92 valence electrons. The SMILES string of the molecule is Cc1ccc(NN)c(C(=O)Nc2cncnc2)c1. The minimum Gasteiger partial charge on any atom is -0.323 e. The van der Waals surface area contributed by atoms with E-state index in [0.717, 1.165) is 5.56 Å². The molecule has 1 heterocycles. The third kappa shape index (κ3) is 2.61. The van der Waals surface area contributed by atoms with E-state index in [1.807, 2.05) is 13.0 Å². The van der Waals surface area contributed by atoms with E-state index in [2.05, 4.69) is 20.7 Å². The lowest BCUT2D eigenvalue weighted by Crippen LogP contribution is -2.17. The number of hydrogen-bond acceptors (Lipinski definition) is 5. The maximum atomic E-state index is 12.1. The number of hydrazine groups is 1. The molecule has 0 aliphatic heterocycles. The van der Waals surface area contributed by atoms with Crippen molar-refractivity contribution in [2.45, 2.75) is 6.92 Å². The zero-order valence-electron chi connectivity index (χ0n) is 9.84. The highest BCUT2D eigenvalue weighted by Crippen LogP contribution is 2.17. The Morgan fingerprint density at radius 1 is 1.28 bits per heavy atom. The summed E-state index contributed by atoms with van der Waals surface area (Å²) in [5.74, 6) is 5.11. The van der Waals surface area contributed by atoms with Crippen LogP contribution in [0.1, 0.15) is 15.9 Å². The molecule has 1 amide bonds. The number of aromatic nitrogens is 2. The molecule has 0 aliphatic rings. The zero-order chi connectivity index (χ0) is 13.0. The standard InChI is InChI=1S/C12H13N5O/c1-8-2-3-11(17-13)10(4-8)12(18)16-9-5-14-7-15-6-9/h2-7,17H,13H2,1H3,(H,16,18). The van der Waals surface area contributed by atoms with Gasteiger partial charge in [-0.25, -0.2) is 9.97 Å². The van der Waals surface area contributed by atoms with Crippen LogP contribution in [-0.2, 0) is 0 Å². The molecule has 6 nitrogen and oxygen atoms in total. The van der Waals surface area contributed by atoms with Crippen LogP contribution in [0.5, 0.6) is 0 Å². The summed E-state index contributed by atoms with van der Waals surface area (Å²) in [5, 5.41) is 2.70. The molecule has 4 N–H and O–H groups in total. The average Bonchev–Trinajstić information content (AvgIpc) is 2.40. The van der Waals surface area contributed by atoms with Gasteiger partial charge in [-0.2, -0.15) is 0 Å². The predicted molar refractivity (Wildman–Crippen MR) is 69.0 cm³/mol. The molecule has 2 rings (SSSR count). The van der Waals surface area contributed by atoms with Gasteiger partial charge in [0, 0.05) is 0 Å². The van der Waals surface area contributed by atoms with Gasteiger partial charge < -0.3 is 10.7 Å². The van der Waals surface area contributed by atoms with Gasteiger partial charge in [0.1, 0.15) is 6.33 Å². The summed E-state index contributed by atoms with van der Waals surface area (Å²) in [6, 6.07) is 5.39. The number of benzene rings is 1. The van der Waals surface area contributed by atoms with E-state index in [9.17, 15) is 4.79 Å². The summed E-state index contributed by atoms with van der Waals surface area (Å²) in [4.78, 5) is 19.7. The second kappa shape index (κ2) is 5.24. The Kier molecular flexibility index (Phi) is 3.49. The molecule has 0 unspecified atom stereocenters. The summed E-state index contributed by atoms with van der Waals surface area (Å²) in [6.07, 6.45) is 4.45. The van der Waals surface area contributed by atoms with Crippen LogP contribution in [0.15, 0.2) is 36.9 Å². The Morgan fingerprint density at radius 2 is 2.00 bits per heavy atom. The third-order valence-corrected chi connectivity index (χ3v) is 2.39. The Balaban J connectivity index is 2.26. The van der Waals surface area contributed by atoms with Crippen molar-refractivity contribution in [1.82, 2.24) is 9.97 Å².